The molecule has 0 saturated heterocycles. The van der Waals surface area contributed by atoms with Crippen molar-refractivity contribution in [3.63, 3.8) is 0 Å². The van der Waals surface area contributed by atoms with Crippen LogP contribution in [0.25, 0.3) is 0 Å². The Morgan fingerprint density at radius 3 is 2.59 bits per heavy atom. The Kier molecular flexibility index (Phi) is 5.96. The number of nitrogens with two attached hydrogens (primary N) is 1. The molecule has 0 spiro atoms. The lowest BCUT2D eigenvalue weighted by atomic mass is 9.91. The minimum atomic E-state index is -0.166. The molecule has 2 rings (SSSR count). The number of ether oxygens (including phenoxy) is 1. The molecule has 0 aliphatic rings. The standard InChI is InChI=1S/C19H24FNO/c1-3-10-22-19-9-8-15(11-14(19)2)17(13-21)12-16-6-4-5-7-18(16)20/h4-9,11,17H,3,10,12-13,21H2,1-2H3. The smallest absolute Gasteiger partial charge is 0.126 e. The number of halogens is 1. The average molecular weight is 301 g/mol. The molecule has 22 heavy (non-hydrogen) atoms. The molecule has 0 aliphatic heterocycles. The van der Waals surface area contributed by atoms with E-state index >= 15 is 0 Å². The van der Waals surface area contributed by atoms with Crippen molar-refractivity contribution in [2.24, 2.45) is 5.73 Å². The van der Waals surface area contributed by atoms with Gasteiger partial charge in [0.25, 0.3) is 0 Å². The van der Waals surface area contributed by atoms with Gasteiger partial charge in [0.2, 0.25) is 0 Å². The first-order chi connectivity index (χ1) is 10.7. The van der Waals surface area contributed by atoms with E-state index in [1.807, 2.05) is 31.2 Å². The van der Waals surface area contributed by atoms with Crippen molar-refractivity contribution in [2.45, 2.75) is 32.6 Å². The summed E-state index contributed by atoms with van der Waals surface area (Å²) in [6, 6.07) is 13.0. The van der Waals surface area contributed by atoms with Gasteiger partial charge >= 0.3 is 0 Å². The number of rotatable bonds is 7. The van der Waals surface area contributed by atoms with Crippen LogP contribution in [0.3, 0.4) is 0 Å². The van der Waals surface area contributed by atoms with Crippen molar-refractivity contribution in [2.75, 3.05) is 13.2 Å². The summed E-state index contributed by atoms with van der Waals surface area (Å²) in [4.78, 5) is 0. The molecule has 0 radical (unpaired) electrons. The number of hydrogen-bond acceptors (Lipinski definition) is 2. The molecule has 0 amide bonds. The minimum Gasteiger partial charge on any atom is -0.493 e. The van der Waals surface area contributed by atoms with Crippen molar-refractivity contribution in [3.8, 4) is 5.75 Å². The third-order valence-corrected chi connectivity index (χ3v) is 3.84. The lowest BCUT2D eigenvalue weighted by Gasteiger charge is -2.18. The van der Waals surface area contributed by atoms with Crippen molar-refractivity contribution >= 4 is 0 Å². The Bertz CT molecular complexity index is 612. The molecule has 118 valence electrons. The molecule has 1 atom stereocenters. The summed E-state index contributed by atoms with van der Waals surface area (Å²) in [5, 5.41) is 0. The Morgan fingerprint density at radius 2 is 1.95 bits per heavy atom. The molecular weight excluding hydrogens is 277 g/mol. The van der Waals surface area contributed by atoms with Gasteiger partial charge < -0.3 is 10.5 Å². The van der Waals surface area contributed by atoms with Gasteiger partial charge in [-0.25, -0.2) is 4.39 Å². The monoisotopic (exact) mass is 301 g/mol. The highest BCUT2D eigenvalue weighted by atomic mass is 19.1. The first-order valence-electron chi connectivity index (χ1n) is 7.82. The van der Waals surface area contributed by atoms with Crippen LogP contribution in [0.2, 0.25) is 0 Å². The highest BCUT2D eigenvalue weighted by molar-refractivity contribution is 5.38. The fourth-order valence-corrected chi connectivity index (χ4v) is 2.57. The molecule has 2 aromatic rings. The Morgan fingerprint density at radius 1 is 1.18 bits per heavy atom. The maximum atomic E-state index is 13.8. The predicted molar refractivity (Wildman–Crippen MR) is 88.9 cm³/mol. The zero-order valence-electron chi connectivity index (χ0n) is 13.3. The molecule has 0 saturated carbocycles. The van der Waals surface area contributed by atoms with Crippen LogP contribution in [0.5, 0.6) is 5.75 Å². The number of aryl methyl sites for hydroxylation is 1. The van der Waals surface area contributed by atoms with E-state index in [1.165, 1.54) is 6.07 Å². The summed E-state index contributed by atoms with van der Waals surface area (Å²) in [6.45, 7) is 5.33. The Labute approximate surface area is 132 Å². The van der Waals surface area contributed by atoms with Gasteiger partial charge in [0, 0.05) is 5.92 Å². The van der Waals surface area contributed by atoms with Gasteiger partial charge in [-0.1, -0.05) is 37.3 Å². The summed E-state index contributed by atoms with van der Waals surface area (Å²) in [7, 11) is 0. The van der Waals surface area contributed by atoms with E-state index in [-0.39, 0.29) is 11.7 Å². The zero-order valence-corrected chi connectivity index (χ0v) is 13.3. The predicted octanol–water partition coefficient (Wildman–Crippen LogP) is 4.21. The summed E-state index contributed by atoms with van der Waals surface area (Å²) in [5.74, 6) is 0.851. The van der Waals surface area contributed by atoms with Crippen LogP contribution in [0.1, 0.15) is 36.0 Å². The molecule has 0 aliphatic carbocycles. The molecule has 0 aromatic heterocycles. The van der Waals surface area contributed by atoms with Crippen molar-refractivity contribution in [1.29, 1.82) is 0 Å². The molecule has 2 nitrogen and oxygen atoms in total. The topological polar surface area (TPSA) is 35.2 Å². The summed E-state index contributed by atoms with van der Waals surface area (Å²) < 4.78 is 19.5. The minimum absolute atomic E-state index is 0.107. The molecule has 1 unspecified atom stereocenters. The van der Waals surface area contributed by atoms with E-state index in [0.717, 1.165) is 29.9 Å². The van der Waals surface area contributed by atoms with Crippen molar-refractivity contribution in [1.82, 2.24) is 0 Å². The average Bonchev–Trinajstić information content (AvgIpc) is 2.53. The van der Waals surface area contributed by atoms with Crippen molar-refractivity contribution < 1.29 is 9.13 Å². The zero-order chi connectivity index (χ0) is 15.9. The van der Waals surface area contributed by atoms with E-state index in [4.69, 9.17) is 10.5 Å². The Hall–Kier alpha value is -1.87. The van der Waals surface area contributed by atoms with E-state index in [1.54, 1.807) is 6.07 Å². The molecule has 2 aromatic carbocycles. The first kappa shape index (κ1) is 16.5. The fraction of sp³-hybridized carbons (Fsp3) is 0.368. The Balaban J connectivity index is 2.17. The fourth-order valence-electron chi connectivity index (χ4n) is 2.57. The largest absolute Gasteiger partial charge is 0.493 e. The van der Waals surface area contributed by atoms with Gasteiger partial charge in [-0.15, -0.1) is 0 Å². The second-order valence-electron chi connectivity index (χ2n) is 5.60. The van der Waals surface area contributed by atoms with E-state index in [2.05, 4.69) is 13.0 Å². The van der Waals surface area contributed by atoms with E-state index < -0.39 is 0 Å². The first-order valence-corrected chi connectivity index (χ1v) is 7.82. The second kappa shape index (κ2) is 7.95. The maximum absolute atomic E-state index is 13.8. The van der Waals surface area contributed by atoms with Crippen LogP contribution < -0.4 is 10.5 Å². The van der Waals surface area contributed by atoms with Gasteiger partial charge in [0.15, 0.2) is 0 Å². The van der Waals surface area contributed by atoms with Crippen LogP contribution in [0.4, 0.5) is 4.39 Å². The van der Waals surface area contributed by atoms with Crippen LogP contribution in [-0.2, 0) is 6.42 Å². The number of hydrogen-bond donors (Lipinski definition) is 1. The van der Waals surface area contributed by atoms with Gasteiger partial charge in [-0.3, -0.25) is 0 Å². The highest BCUT2D eigenvalue weighted by Gasteiger charge is 2.14. The third-order valence-electron chi connectivity index (χ3n) is 3.84. The molecule has 0 heterocycles. The van der Waals surface area contributed by atoms with Crippen LogP contribution in [-0.4, -0.2) is 13.2 Å². The quantitative estimate of drug-likeness (QED) is 0.831. The summed E-state index contributed by atoms with van der Waals surface area (Å²) in [6.07, 6.45) is 1.59. The normalized spacial score (nSPS) is 12.2. The SMILES string of the molecule is CCCOc1ccc(C(CN)Cc2ccccc2F)cc1C. The van der Waals surface area contributed by atoms with Gasteiger partial charge in [0.05, 0.1) is 6.61 Å². The molecule has 2 N–H and O–H groups in total. The molecule has 0 bridgehead atoms. The lowest BCUT2D eigenvalue weighted by Crippen LogP contribution is -2.16. The molecule has 0 fully saturated rings. The molecule has 3 heteroatoms. The maximum Gasteiger partial charge on any atom is 0.126 e. The van der Waals surface area contributed by atoms with E-state index in [0.29, 0.717) is 18.5 Å². The number of benzene rings is 2. The van der Waals surface area contributed by atoms with Gasteiger partial charge in [-0.05, 0) is 55.1 Å². The van der Waals surface area contributed by atoms with Crippen molar-refractivity contribution in [3.05, 3.63) is 65.0 Å². The van der Waals surface area contributed by atoms with Gasteiger partial charge in [0.1, 0.15) is 11.6 Å². The summed E-state index contributed by atoms with van der Waals surface area (Å²) in [5.41, 5.74) is 8.85. The van der Waals surface area contributed by atoms with Crippen LogP contribution >= 0.6 is 0 Å². The summed E-state index contributed by atoms with van der Waals surface area (Å²) >= 11 is 0. The lowest BCUT2D eigenvalue weighted by molar-refractivity contribution is 0.315. The highest BCUT2D eigenvalue weighted by Crippen LogP contribution is 2.26. The van der Waals surface area contributed by atoms with Gasteiger partial charge in [-0.2, -0.15) is 0 Å². The van der Waals surface area contributed by atoms with E-state index in [9.17, 15) is 4.39 Å². The van der Waals surface area contributed by atoms with Crippen LogP contribution in [0.15, 0.2) is 42.5 Å². The molecular formula is C19H24FNO. The van der Waals surface area contributed by atoms with Crippen LogP contribution in [0, 0.1) is 12.7 Å². The third kappa shape index (κ3) is 4.08. The second-order valence-corrected chi connectivity index (χ2v) is 5.60.